The third kappa shape index (κ3) is 4.69. The molecule has 0 aliphatic carbocycles. The minimum absolute atomic E-state index is 0.242. The van der Waals surface area contributed by atoms with Gasteiger partial charge in [0.05, 0.1) is 12.1 Å². The van der Waals surface area contributed by atoms with Crippen LogP contribution in [0.3, 0.4) is 0 Å². The molecule has 0 fully saturated rings. The standard InChI is InChI=1S/C20H28N2/c1-15(2)21-19(17-11-7-5-8-12-17)20(22-16(3)4)18-13-9-6-10-14-18/h5-16,19-22H,1-4H3/t19-,20+. The van der Waals surface area contributed by atoms with Crippen LogP contribution in [0.1, 0.15) is 50.9 Å². The van der Waals surface area contributed by atoms with Crippen LogP contribution < -0.4 is 10.6 Å². The van der Waals surface area contributed by atoms with Crippen LogP contribution in [0.2, 0.25) is 0 Å². The van der Waals surface area contributed by atoms with Gasteiger partial charge in [-0.3, -0.25) is 0 Å². The van der Waals surface area contributed by atoms with E-state index in [9.17, 15) is 0 Å². The molecule has 0 saturated heterocycles. The van der Waals surface area contributed by atoms with E-state index < -0.39 is 0 Å². The Kier molecular flexibility index (Phi) is 6.17. The highest BCUT2D eigenvalue weighted by Gasteiger charge is 2.25. The van der Waals surface area contributed by atoms with Gasteiger partial charge >= 0.3 is 0 Å². The number of benzene rings is 2. The van der Waals surface area contributed by atoms with Gasteiger partial charge < -0.3 is 10.6 Å². The highest BCUT2D eigenvalue weighted by Crippen LogP contribution is 2.29. The zero-order chi connectivity index (χ0) is 15.9. The maximum Gasteiger partial charge on any atom is 0.0520 e. The van der Waals surface area contributed by atoms with Gasteiger partial charge in [0.15, 0.2) is 0 Å². The van der Waals surface area contributed by atoms with Crippen molar-refractivity contribution in [1.29, 1.82) is 0 Å². The highest BCUT2D eigenvalue weighted by molar-refractivity contribution is 5.28. The van der Waals surface area contributed by atoms with Crippen molar-refractivity contribution in [2.45, 2.75) is 51.9 Å². The van der Waals surface area contributed by atoms with Crippen LogP contribution in [0.15, 0.2) is 60.7 Å². The van der Waals surface area contributed by atoms with Gasteiger partial charge in [-0.1, -0.05) is 88.4 Å². The summed E-state index contributed by atoms with van der Waals surface area (Å²) in [5, 5.41) is 7.48. The van der Waals surface area contributed by atoms with Gasteiger partial charge in [-0.15, -0.1) is 0 Å². The molecule has 22 heavy (non-hydrogen) atoms. The van der Waals surface area contributed by atoms with Crippen molar-refractivity contribution >= 4 is 0 Å². The molecule has 2 nitrogen and oxygen atoms in total. The van der Waals surface area contributed by atoms with E-state index in [2.05, 4.69) is 99.0 Å². The molecule has 2 atom stereocenters. The Morgan fingerprint density at radius 3 is 1.14 bits per heavy atom. The van der Waals surface area contributed by atoms with E-state index in [0.29, 0.717) is 12.1 Å². The lowest BCUT2D eigenvalue weighted by Crippen LogP contribution is -2.40. The molecule has 0 aromatic heterocycles. The molecule has 2 rings (SSSR count). The smallest absolute Gasteiger partial charge is 0.0520 e. The van der Waals surface area contributed by atoms with Crippen molar-refractivity contribution in [2.24, 2.45) is 0 Å². The minimum Gasteiger partial charge on any atom is -0.306 e. The Balaban J connectivity index is 2.39. The van der Waals surface area contributed by atoms with E-state index in [1.54, 1.807) is 0 Å². The molecular weight excluding hydrogens is 268 g/mol. The fourth-order valence-electron chi connectivity index (χ4n) is 2.81. The van der Waals surface area contributed by atoms with Crippen molar-refractivity contribution in [3.8, 4) is 0 Å². The van der Waals surface area contributed by atoms with Gasteiger partial charge in [0.25, 0.3) is 0 Å². The molecule has 2 N–H and O–H groups in total. The molecule has 0 aliphatic rings. The molecule has 2 aromatic carbocycles. The Labute approximate surface area is 135 Å². The van der Waals surface area contributed by atoms with Gasteiger partial charge in [0, 0.05) is 12.1 Å². The van der Waals surface area contributed by atoms with Crippen LogP contribution in [-0.4, -0.2) is 12.1 Å². The van der Waals surface area contributed by atoms with Gasteiger partial charge in [-0.2, -0.15) is 0 Å². The second-order valence-electron chi connectivity index (χ2n) is 6.42. The molecule has 0 unspecified atom stereocenters. The predicted octanol–water partition coefficient (Wildman–Crippen LogP) is 4.47. The molecule has 0 saturated carbocycles. The first-order chi connectivity index (χ1) is 10.6. The molecule has 0 aliphatic heterocycles. The third-order valence-electron chi connectivity index (χ3n) is 3.68. The lowest BCUT2D eigenvalue weighted by molar-refractivity contribution is 0.341. The number of hydrogen-bond donors (Lipinski definition) is 2. The van der Waals surface area contributed by atoms with E-state index >= 15 is 0 Å². The lowest BCUT2D eigenvalue weighted by Gasteiger charge is -2.33. The SMILES string of the molecule is CC(C)N[C@H](c1ccccc1)[C@@H](NC(C)C)c1ccccc1. The average molecular weight is 296 g/mol. The van der Waals surface area contributed by atoms with Crippen molar-refractivity contribution in [2.75, 3.05) is 0 Å². The first-order valence-electron chi connectivity index (χ1n) is 8.20. The van der Waals surface area contributed by atoms with E-state index in [-0.39, 0.29) is 12.1 Å². The van der Waals surface area contributed by atoms with Crippen LogP contribution in [0.4, 0.5) is 0 Å². The molecule has 0 bridgehead atoms. The maximum atomic E-state index is 3.74. The summed E-state index contributed by atoms with van der Waals surface area (Å²) in [4.78, 5) is 0. The van der Waals surface area contributed by atoms with E-state index in [1.165, 1.54) is 11.1 Å². The normalized spacial score (nSPS) is 14.3. The number of rotatable bonds is 7. The Hall–Kier alpha value is -1.64. The van der Waals surface area contributed by atoms with Crippen LogP contribution in [0, 0.1) is 0 Å². The maximum absolute atomic E-state index is 3.74. The summed E-state index contributed by atoms with van der Waals surface area (Å²) in [6.07, 6.45) is 0. The fraction of sp³-hybridized carbons (Fsp3) is 0.400. The van der Waals surface area contributed by atoms with Crippen LogP contribution in [0.25, 0.3) is 0 Å². The van der Waals surface area contributed by atoms with Crippen molar-refractivity contribution in [3.63, 3.8) is 0 Å². The second-order valence-corrected chi connectivity index (χ2v) is 6.42. The Morgan fingerprint density at radius 2 is 0.864 bits per heavy atom. The van der Waals surface area contributed by atoms with E-state index in [4.69, 9.17) is 0 Å². The van der Waals surface area contributed by atoms with E-state index in [1.807, 2.05) is 0 Å². The van der Waals surface area contributed by atoms with Crippen LogP contribution in [-0.2, 0) is 0 Å². The van der Waals surface area contributed by atoms with Gasteiger partial charge in [-0.25, -0.2) is 0 Å². The fourth-order valence-corrected chi connectivity index (χ4v) is 2.81. The average Bonchev–Trinajstić information content (AvgIpc) is 2.52. The van der Waals surface area contributed by atoms with Crippen molar-refractivity contribution < 1.29 is 0 Å². The van der Waals surface area contributed by atoms with Gasteiger partial charge in [0.2, 0.25) is 0 Å². The van der Waals surface area contributed by atoms with Gasteiger partial charge in [-0.05, 0) is 11.1 Å². The Morgan fingerprint density at radius 1 is 0.545 bits per heavy atom. The molecule has 118 valence electrons. The third-order valence-corrected chi connectivity index (χ3v) is 3.68. The summed E-state index contributed by atoms with van der Waals surface area (Å²) in [6, 6.07) is 22.7. The van der Waals surface area contributed by atoms with Crippen molar-refractivity contribution in [1.82, 2.24) is 10.6 Å². The van der Waals surface area contributed by atoms with Crippen molar-refractivity contribution in [3.05, 3.63) is 71.8 Å². The monoisotopic (exact) mass is 296 g/mol. The van der Waals surface area contributed by atoms with Crippen LogP contribution in [0.5, 0.6) is 0 Å². The summed E-state index contributed by atoms with van der Waals surface area (Å²) in [7, 11) is 0. The predicted molar refractivity (Wildman–Crippen MR) is 94.9 cm³/mol. The summed E-state index contributed by atoms with van der Waals surface area (Å²) < 4.78 is 0. The minimum atomic E-state index is 0.242. The largest absolute Gasteiger partial charge is 0.306 e. The molecule has 0 radical (unpaired) electrons. The van der Waals surface area contributed by atoms with Crippen LogP contribution >= 0.6 is 0 Å². The lowest BCUT2D eigenvalue weighted by atomic mass is 9.92. The first kappa shape index (κ1) is 16.7. The summed E-state index contributed by atoms with van der Waals surface area (Å²) >= 11 is 0. The number of nitrogens with one attached hydrogen (secondary N) is 2. The molecule has 0 amide bonds. The quantitative estimate of drug-likeness (QED) is 0.788. The summed E-state index contributed by atoms with van der Waals surface area (Å²) in [5.74, 6) is 0. The zero-order valence-corrected chi connectivity index (χ0v) is 14.1. The highest BCUT2D eigenvalue weighted by atomic mass is 15.0. The topological polar surface area (TPSA) is 24.1 Å². The van der Waals surface area contributed by atoms with Gasteiger partial charge in [0.1, 0.15) is 0 Å². The van der Waals surface area contributed by atoms with E-state index in [0.717, 1.165) is 0 Å². The summed E-state index contributed by atoms with van der Waals surface area (Å²) in [6.45, 7) is 8.81. The number of hydrogen-bond acceptors (Lipinski definition) is 2. The molecule has 2 heteroatoms. The molecule has 0 heterocycles. The Bertz CT molecular complexity index is 483. The summed E-state index contributed by atoms with van der Waals surface area (Å²) in [5.41, 5.74) is 2.64. The second kappa shape index (κ2) is 8.11. The zero-order valence-electron chi connectivity index (χ0n) is 14.1. The molecule has 2 aromatic rings. The molecule has 0 spiro atoms. The molecular formula is C20H28N2. The first-order valence-corrected chi connectivity index (χ1v) is 8.20.